The van der Waals surface area contributed by atoms with Crippen molar-refractivity contribution in [2.45, 2.75) is 38.2 Å². The number of aromatic nitrogens is 6. The van der Waals surface area contributed by atoms with Crippen LogP contribution in [-0.4, -0.2) is 50.5 Å². The third-order valence-electron chi connectivity index (χ3n) is 4.39. The van der Waals surface area contributed by atoms with Gasteiger partial charge in [0.25, 0.3) is 0 Å². The smallest absolute Gasteiger partial charge is 0.240 e. The monoisotopic (exact) mass is 451 g/mol. The van der Waals surface area contributed by atoms with Crippen LogP contribution in [0, 0.1) is 0 Å². The number of sulfonamides is 1. The molecule has 3 heterocycles. The van der Waals surface area contributed by atoms with E-state index in [4.69, 9.17) is 16.3 Å². The summed E-state index contributed by atoms with van der Waals surface area (Å²) in [4.78, 5) is 12.4. The molecule has 3 rings (SSSR count). The quantitative estimate of drug-likeness (QED) is 0.526. The Kier molecular flexibility index (Phi) is 6.95. The van der Waals surface area contributed by atoms with Crippen LogP contribution in [0.3, 0.4) is 0 Å². The lowest BCUT2D eigenvalue weighted by atomic mass is 10.2. The Labute approximate surface area is 179 Å². The van der Waals surface area contributed by atoms with Crippen LogP contribution in [0.2, 0.25) is 5.02 Å². The number of halogens is 1. The lowest BCUT2D eigenvalue weighted by Crippen LogP contribution is -2.33. The highest BCUT2D eigenvalue weighted by atomic mass is 35.5. The Balaban J connectivity index is 1.90. The SMILES string of the molecule is CCCn1c(NS(=O)(=O)[C@@H](C)[C@H](OC)c2ncc(Cl)cn2)nnc1-c1ccccn1. The average molecular weight is 452 g/mol. The zero-order valence-corrected chi connectivity index (χ0v) is 18.3. The second kappa shape index (κ2) is 9.45. The molecule has 0 spiro atoms. The molecule has 3 aromatic rings. The molecule has 12 heteroatoms. The van der Waals surface area contributed by atoms with Crippen molar-refractivity contribution < 1.29 is 13.2 Å². The van der Waals surface area contributed by atoms with Gasteiger partial charge < -0.3 is 4.74 Å². The van der Waals surface area contributed by atoms with Gasteiger partial charge in [-0.1, -0.05) is 24.6 Å². The van der Waals surface area contributed by atoms with Crippen molar-refractivity contribution in [3.63, 3.8) is 0 Å². The van der Waals surface area contributed by atoms with Gasteiger partial charge in [-0.15, -0.1) is 10.2 Å². The maximum Gasteiger partial charge on any atom is 0.240 e. The molecule has 0 saturated heterocycles. The summed E-state index contributed by atoms with van der Waals surface area (Å²) >= 11 is 5.82. The first-order chi connectivity index (χ1) is 14.4. The summed E-state index contributed by atoms with van der Waals surface area (Å²) in [5.74, 6) is 0.798. The molecule has 160 valence electrons. The molecule has 30 heavy (non-hydrogen) atoms. The van der Waals surface area contributed by atoms with E-state index in [1.807, 2.05) is 13.0 Å². The summed E-state index contributed by atoms with van der Waals surface area (Å²) in [7, 11) is -2.53. The maximum atomic E-state index is 13.1. The Morgan fingerprint density at radius 3 is 2.53 bits per heavy atom. The first-order valence-electron chi connectivity index (χ1n) is 9.23. The molecule has 0 fully saturated rings. The summed E-state index contributed by atoms with van der Waals surface area (Å²) in [6.45, 7) is 4.00. The lowest BCUT2D eigenvalue weighted by molar-refractivity contribution is 0.0950. The minimum absolute atomic E-state index is 0.108. The number of rotatable bonds is 9. The normalized spacial score (nSPS) is 13.7. The van der Waals surface area contributed by atoms with E-state index < -0.39 is 21.4 Å². The third kappa shape index (κ3) is 4.74. The number of nitrogens with one attached hydrogen (secondary N) is 1. The molecule has 0 aliphatic carbocycles. The summed E-state index contributed by atoms with van der Waals surface area (Å²) < 4.78 is 35.7. The van der Waals surface area contributed by atoms with Crippen LogP contribution in [-0.2, 0) is 21.3 Å². The molecule has 0 unspecified atom stereocenters. The molecule has 1 N–H and O–H groups in total. The van der Waals surface area contributed by atoms with E-state index in [1.54, 1.807) is 22.9 Å². The molecule has 0 bridgehead atoms. The number of ether oxygens (including phenoxy) is 1. The van der Waals surface area contributed by atoms with Gasteiger partial charge in [0.15, 0.2) is 11.6 Å². The van der Waals surface area contributed by atoms with Gasteiger partial charge in [-0.2, -0.15) is 0 Å². The summed E-state index contributed by atoms with van der Waals surface area (Å²) in [5, 5.41) is 7.50. The highest BCUT2D eigenvalue weighted by Gasteiger charge is 2.34. The van der Waals surface area contributed by atoms with Crippen molar-refractivity contribution in [1.82, 2.24) is 29.7 Å². The number of nitrogens with zero attached hydrogens (tertiary/aromatic N) is 6. The molecular weight excluding hydrogens is 430 g/mol. The number of anilines is 1. The average Bonchev–Trinajstić information content (AvgIpc) is 3.12. The highest BCUT2D eigenvalue weighted by Crippen LogP contribution is 2.26. The Bertz CT molecular complexity index is 1070. The van der Waals surface area contributed by atoms with Gasteiger partial charge in [-0.25, -0.2) is 18.4 Å². The van der Waals surface area contributed by atoms with E-state index in [1.165, 1.54) is 26.4 Å². The molecule has 10 nitrogen and oxygen atoms in total. The number of pyridine rings is 1. The van der Waals surface area contributed by atoms with Gasteiger partial charge in [0, 0.05) is 32.2 Å². The van der Waals surface area contributed by atoms with E-state index in [-0.39, 0.29) is 11.8 Å². The standard InChI is InChI=1S/C18H22ClN7O3S/c1-4-9-26-17(14-7-5-6-8-20-14)23-24-18(26)25-30(27,28)12(2)15(29-3)16-21-10-13(19)11-22-16/h5-8,10-12,15H,4,9H2,1-3H3,(H,24,25)/t12-,15-/m0/s1. The molecule has 0 aliphatic rings. The van der Waals surface area contributed by atoms with Gasteiger partial charge >= 0.3 is 0 Å². The topological polar surface area (TPSA) is 125 Å². The van der Waals surface area contributed by atoms with Crippen molar-refractivity contribution >= 4 is 27.6 Å². The van der Waals surface area contributed by atoms with Crippen molar-refractivity contribution in [2.24, 2.45) is 0 Å². The summed E-state index contributed by atoms with van der Waals surface area (Å²) in [5.41, 5.74) is 0.598. The fourth-order valence-electron chi connectivity index (χ4n) is 2.86. The van der Waals surface area contributed by atoms with E-state index in [0.717, 1.165) is 6.42 Å². The molecule has 0 aliphatic heterocycles. The van der Waals surface area contributed by atoms with Crippen molar-refractivity contribution in [3.05, 3.63) is 47.6 Å². The number of methoxy groups -OCH3 is 1. The molecule has 0 saturated carbocycles. The molecule has 0 radical (unpaired) electrons. The molecule has 2 atom stereocenters. The Hall–Kier alpha value is -2.63. The molecule has 0 amide bonds. The summed E-state index contributed by atoms with van der Waals surface area (Å²) in [6.07, 6.45) is 4.26. The summed E-state index contributed by atoms with van der Waals surface area (Å²) in [6, 6.07) is 5.41. The lowest BCUT2D eigenvalue weighted by Gasteiger charge is -2.22. The Morgan fingerprint density at radius 1 is 1.20 bits per heavy atom. The van der Waals surface area contributed by atoms with Crippen molar-refractivity contribution in [3.8, 4) is 11.5 Å². The van der Waals surface area contributed by atoms with Crippen LogP contribution in [0.5, 0.6) is 0 Å². The first kappa shape index (κ1) is 22.1. The maximum absolute atomic E-state index is 13.1. The van der Waals surface area contributed by atoms with Gasteiger partial charge in [0.05, 0.1) is 5.02 Å². The van der Waals surface area contributed by atoms with Crippen LogP contribution in [0.15, 0.2) is 36.8 Å². The van der Waals surface area contributed by atoms with Gasteiger partial charge in [-0.3, -0.25) is 14.3 Å². The predicted octanol–water partition coefficient (Wildman–Crippen LogP) is 2.71. The van der Waals surface area contributed by atoms with Crippen LogP contribution >= 0.6 is 11.6 Å². The number of hydrogen-bond acceptors (Lipinski definition) is 8. The van der Waals surface area contributed by atoms with Crippen molar-refractivity contribution in [1.29, 1.82) is 0 Å². The minimum atomic E-state index is -3.92. The van der Waals surface area contributed by atoms with Crippen molar-refractivity contribution in [2.75, 3.05) is 11.8 Å². The largest absolute Gasteiger partial charge is 0.372 e. The second-order valence-corrected chi connectivity index (χ2v) is 8.96. The third-order valence-corrected chi connectivity index (χ3v) is 6.28. The van der Waals surface area contributed by atoms with E-state index in [0.29, 0.717) is 23.1 Å². The highest BCUT2D eigenvalue weighted by molar-refractivity contribution is 7.93. The van der Waals surface area contributed by atoms with Gasteiger partial charge in [0.2, 0.25) is 16.0 Å². The van der Waals surface area contributed by atoms with Crippen LogP contribution < -0.4 is 4.72 Å². The number of hydrogen-bond donors (Lipinski definition) is 1. The fraction of sp³-hybridized carbons (Fsp3) is 0.389. The van der Waals surface area contributed by atoms with E-state index in [2.05, 4.69) is 29.9 Å². The predicted molar refractivity (Wildman–Crippen MR) is 112 cm³/mol. The molecule has 3 aromatic heterocycles. The zero-order valence-electron chi connectivity index (χ0n) is 16.7. The second-order valence-electron chi connectivity index (χ2n) is 6.48. The zero-order chi connectivity index (χ0) is 21.7. The first-order valence-corrected chi connectivity index (χ1v) is 11.2. The Morgan fingerprint density at radius 2 is 1.93 bits per heavy atom. The molecule has 0 aromatic carbocycles. The fourth-order valence-corrected chi connectivity index (χ4v) is 4.10. The van der Waals surface area contributed by atoms with E-state index >= 15 is 0 Å². The molecular formula is C18H22ClN7O3S. The van der Waals surface area contributed by atoms with Gasteiger partial charge in [0.1, 0.15) is 17.0 Å². The van der Waals surface area contributed by atoms with Crippen LogP contribution in [0.4, 0.5) is 5.95 Å². The van der Waals surface area contributed by atoms with E-state index in [9.17, 15) is 8.42 Å². The van der Waals surface area contributed by atoms with Crippen LogP contribution in [0.25, 0.3) is 11.5 Å². The van der Waals surface area contributed by atoms with Gasteiger partial charge in [-0.05, 0) is 25.5 Å². The minimum Gasteiger partial charge on any atom is -0.372 e. The van der Waals surface area contributed by atoms with Crippen LogP contribution in [0.1, 0.15) is 32.2 Å².